The topological polar surface area (TPSA) is 78.9 Å². The lowest BCUT2D eigenvalue weighted by atomic mass is 10.00. The van der Waals surface area contributed by atoms with Gasteiger partial charge in [-0.15, -0.1) is 0 Å². The van der Waals surface area contributed by atoms with Crippen LogP contribution in [0, 0.1) is 11.8 Å². The predicted octanol–water partition coefficient (Wildman–Crippen LogP) is 14.6. The van der Waals surface area contributed by atoms with E-state index in [1.54, 1.807) is 0 Å². The molecule has 0 N–H and O–H groups in total. The van der Waals surface area contributed by atoms with E-state index in [2.05, 4.69) is 34.6 Å². The molecule has 6 nitrogen and oxygen atoms in total. The van der Waals surface area contributed by atoms with E-state index < -0.39 is 6.10 Å². The fourth-order valence-electron chi connectivity index (χ4n) is 6.90. The van der Waals surface area contributed by atoms with Crippen LogP contribution in [0.2, 0.25) is 0 Å². The number of esters is 3. The third-order valence-corrected chi connectivity index (χ3v) is 10.8. The van der Waals surface area contributed by atoms with E-state index in [0.29, 0.717) is 19.3 Å². The normalized spacial score (nSPS) is 12.6. The minimum absolute atomic E-state index is 0.0655. The molecule has 0 aromatic rings. The molecule has 0 bridgehead atoms. The molecule has 0 heterocycles. The third-order valence-electron chi connectivity index (χ3n) is 10.8. The van der Waals surface area contributed by atoms with Crippen molar-refractivity contribution in [3.8, 4) is 0 Å². The molecule has 0 aromatic heterocycles. The van der Waals surface area contributed by atoms with Crippen molar-refractivity contribution < 1.29 is 28.6 Å². The summed E-state index contributed by atoms with van der Waals surface area (Å²) in [5.41, 5.74) is 0. The molecule has 314 valence electrons. The van der Waals surface area contributed by atoms with Crippen LogP contribution in [-0.2, 0) is 28.6 Å². The highest BCUT2D eigenvalue weighted by atomic mass is 16.6. The van der Waals surface area contributed by atoms with Gasteiger partial charge in [-0.2, -0.15) is 0 Å². The fourth-order valence-corrected chi connectivity index (χ4v) is 6.90. The van der Waals surface area contributed by atoms with Gasteiger partial charge in [0.2, 0.25) is 0 Å². The van der Waals surface area contributed by atoms with Gasteiger partial charge >= 0.3 is 17.9 Å². The second-order valence-corrected chi connectivity index (χ2v) is 16.8. The zero-order chi connectivity index (χ0) is 39.0. The van der Waals surface area contributed by atoms with Gasteiger partial charge in [-0.25, -0.2) is 0 Å². The fraction of sp³-hybridized carbons (Fsp3) is 0.936. The van der Waals surface area contributed by atoms with E-state index >= 15 is 0 Å². The van der Waals surface area contributed by atoms with Gasteiger partial charge in [-0.3, -0.25) is 14.4 Å². The molecule has 0 saturated heterocycles. The summed E-state index contributed by atoms with van der Waals surface area (Å²) in [5.74, 6) is 0.769. The second kappa shape index (κ2) is 40.1. The Bertz CT molecular complexity index is 811. The first-order valence-electron chi connectivity index (χ1n) is 23.3. The van der Waals surface area contributed by atoms with Crippen molar-refractivity contribution in [3.05, 3.63) is 0 Å². The Morgan fingerprint density at radius 1 is 0.396 bits per heavy atom. The zero-order valence-electron chi connectivity index (χ0n) is 36.1. The van der Waals surface area contributed by atoms with Crippen LogP contribution in [0.1, 0.15) is 253 Å². The highest BCUT2D eigenvalue weighted by Gasteiger charge is 2.19. The van der Waals surface area contributed by atoms with Crippen LogP contribution in [0.4, 0.5) is 0 Å². The number of ether oxygens (including phenoxy) is 3. The molecule has 53 heavy (non-hydrogen) atoms. The predicted molar refractivity (Wildman–Crippen MR) is 224 cm³/mol. The van der Waals surface area contributed by atoms with Crippen LogP contribution in [-0.4, -0.2) is 37.2 Å². The van der Waals surface area contributed by atoms with Crippen LogP contribution in [0.3, 0.4) is 0 Å². The number of hydrogen-bond donors (Lipinski definition) is 0. The van der Waals surface area contributed by atoms with Crippen LogP contribution < -0.4 is 0 Å². The largest absolute Gasteiger partial charge is 0.462 e. The highest BCUT2D eigenvalue weighted by molar-refractivity contribution is 5.71. The van der Waals surface area contributed by atoms with Gasteiger partial charge in [0.1, 0.15) is 13.2 Å². The average molecular weight is 751 g/mol. The highest BCUT2D eigenvalue weighted by Crippen LogP contribution is 2.17. The van der Waals surface area contributed by atoms with Crippen molar-refractivity contribution in [2.24, 2.45) is 11.8 Å². The maximum absolute atomic E-state index is 12.7. The molecular weight excluding hydrogens is 661 g/mol. The maximum atomic E-state index is 12.7. The van der Waals surface area contributed by atoms with Gasteiger partial charge in [0.05, 0.1) is 0 Å². The first-order valence-corrected chi connectivity index (χ1v) is 23.3. The first-order chi connectivity index (χ1) is 25.8. The lowest BCUT2D eigenvalue weighted by molar-refractivity contribution is -0.167. The van der Waals surface area contributed by atoms with Gasteiger partial charge in [0.15, 0.2) is 6.10 Å². The van der Waals surface area contributed by atoms with E-state index in [0.717, 1.165) is 69.6 Å². The summed E-state index contributed by atoms with van der Waals surface area (Å²) in [6.07, 6.45) is 38.0. The number of rotatable bonds is 41. The molecule has 0 aliphatic rings. The third kappa shape index (κ3) is 39.9. The Morgan fingerprint density at radius 3 is 1.08 bits per heavy atom. The summed E-state index contributed by atoms with van der Waals surface area (Å²) in [4.78, 5) is 37.7. The molecule has 0 aliphatic carbocycles. The smallest absolute Gasteiger partial charge is 0.306 e. The van der Waals surface area contributed by atoms with Gasteiger partial charge in [-0.1, -0.05) is 214 Å². The number of hydrogen-bond acceptors (Lipinski definition) is 6. The Kier molecular flexibility index (Phi) is 38.9. The lowest BCUT2D eigenvalue weighted by Gasteiger charge is -2.18. The van der Waals surface area contributed by atoms with Gasteiger partial charge in [0, 0.05) is 19.3 Å². The number of carbonyl (C=O) groups excluding carboxylic acids is 3. The van der Waals surface area contributed by atoms with E-state index in [-0.39, 0.29) is 31.1 Å². The summed E-state index contributed by atoms with van der Waals surface area (Å²) in [6.45, 7) is 11.3. The molecule has 0 aromatic carbocycles. The lowest BCUT2D eigenvalue weighted by Crippen LogP contribution is -2.30. The number of unbranched alkanes of at least 4 members (excludes halogenated alkanes) is 25. The molecule has 0 spiro atoms. The van der Waals surface area contributed by atoms with Crippen molar-refractivity contribution in [1.29, 1.82) is 0 Å². The van der Waals surface area contributed by atoms with Crippen molar-refractivity contribution >= 4 is 17.9 Å². The van der Waals surface area contributed by atoms with Gasteiger partial charge < -0.3 is 14.2 Å². The SMILES string of the molecule is CCCCCCCCCCCCCCC(=O)OC[C@@H](COC(=O)CCCCCCCCCCCCC(C)C)OC(=O)CCCCCCCCC(C)CC. The van der Waals surface area contributed by atoms with Gasteiger partial charge in [-0.05, 0) is 31.1 Å². The minimum atomic E-state index is -0.761. The Morgan fingerprint density at radius 2 is 0.717 bits per heavy atom. The second-order valence-electron chi connectivity index (χ2n) is 16.8. The van der Waals surface area contributed by atoms with E-state index in [4.69, 9.17) is 14.2 Å². The number of carbonyl (C=O) groups is 3. The molecule has 0 rings (SSSR count). The molecule has 1 unspecified atom stereocenters. The molecule has 0 amide bonds. The quantitative estimate of drug-likeness (QED) is 0.0352. The molecule has 2 atom stereocenters. The molecule has 0 radical (unpaired) electrons. The van der Waals surface area contributed by atoms with Crippen LogP contribution in [0.5, 0.6) is 0 Å². The van der Waals surface area contributed by atoms with E-state index in [1.807, 2.05) is 0 Å². The van der Waals surface area contributed by atoms with Crippen molar-refractivity contribution in [2.45, 2.75) is 259 Å². The summed E-state index contributed by atoms with van der Waals surface area (Å²) < 4.78 is 16.7. The summed E-state index contributed by atoms with van der Waals surface area (Å²) in [5, 5.41) is 0. The Balaban J connectivity index is 4.33. The summed E-state index contributed by atoms with van der Waals surface area (Å²) in [6, 6.07) is 0. The van der Waals surface area contributed by atoms with Crippen LogP contribution >= 0.6 is 0 Å². The van der Waals surface area contributed by atoms with Crippen molar-refractivity contribution in [2.75, 3.05) is 13.2 Å². The molecular formula is C47H90O6. The monoisotopic (exact) mass is 751 g/mol. The van der Waals surface area contributed by atoms with E-state index in [9.17, 15) is 14.4 Å². The zero-order valence-corrected chi connectivity index (χ0v) is 36.1. The Labute approximate surface area is 329 Å². The molecule has 6 heteroatoms. The molecule has 0 fully saturated rings. The standard InChI is InChI=1S/C47H90O6/c1-6-8-9-10-11-12-13-14-18-21-27-32-37-45(48)51-40-44(53-47(50)39-34-29-24-23-26-31-36-43(5)7-2)41-52-46(49)38-33-28-22-19-16-15-17-20-25-30-35-42(3)4/h42-44H,6-41H2,1-5H3/t43?,44-/m0/s1. The molecule has 0 aliphatic heterocycles. The minimum Gasteiger partial charge on any atom is -0.462 e. The average Bonchev–Trinajstić information content (AvgIpc) is 3.14. The van der Waals surface area contributed by atoms with Crippen molar-refractivity contribution in [1.82, 2.24) is 0 Å². The van der Waals surface area contributed by atoms with E-state index in [1.165, 1.54) is 141 Å². The van der Waals surface area contributed by atoms with Crippen molar-refractivity contribution in [3.63, 3.8) is 0 Å². The molecule has 0 saturated carbocycles. The Hall–Kier alpha value is -1.59. The van der Waals surface area contributed by atoms with Crippen LogP contribution in [0.15, 0.2) is 0 Å². The first kappa shape index (κ1) is 51.4. The van der Waals surface area contributed by atoms with Gasteiger partial charge in [0.25, 0.3) is 0 Å². The summed E-state index contributed by atoms with van der Waals surface area (Å²) >= 11 is 0. The maximum Gasteiger partial charge on any atom is 0.306 e. The summed E-state index contributed by atoms with van der Waals surface area (Å²) in [7, 11) is 0. The van der Waals surface area contributed by atoms with Crippen LogP contribution in [0.25, 0.3) is 0 Å².